The standard InChI is InChI=1S/C17H25BrFNO/c1-11(2)12-5-7-17(10-20,8-6-12)16(21)14-9-13(18)3-4-15(14)19/h3-4,9,11-12,16,21H,5-8,10,20H2,1-2H3. The Morgan fingerprint density at radius 2 is 2.00 bits per heavy atom. The lowest BCUT2D eigenvalue weighted by molar-refractivity contribution is -0.0168. The molecule has 1 aromatic carbocycles. The van der Waals surface area contributed by atoms with Gasteiger partial charge >= 0.3 is 0 Å². The molecule has 0 aromatic heterocycles. The van der Waals surface area contributed by atoms with Crippen molar-refractivity contribution in [3.05, 3.63) is 34.1 Å². The zero-order valence-corrected chi connectivity index (χ0v) is 14.4. The molecule has 0 aliphatic heterocycles. The highest BCUT2D eigenvalue weighted by Gasteiger charge is 2.42. The predicted octanol–water partition coefficient (Wildman–Crippen LogP) is 4.41. The molecule has 0 radical (unpaired) electrons. The van der Waals surface area contributed by atoms with Gasteiger partial charge in [0.2, 0.25) is 0 Å². The molecule has 118 valence electrons. The van der Waals surface area contributed by atoms with Crippen LogP contribution in [0.1, 0.15) is 51.2 Å². The molecular formula is C17H25BrFNO. The molecule has 0 spiro atoms. The molecule has 0 heterocycles. The Labute approximate surface area is 135 Å². The topological polar surface area (TPSA) is 46.2 Å². The molecule has 1 aliphatic rings. The second kappa shape index (κ2) is 6.76. The largest absolute Gasteiger partial charge is 0.388 e. The van der Waals surface area contributed by atoms with Crippen molar-refractivity contribution in [1.82, 2.24) is 0 Å². The molecule has 1 aromatic rings. The van der Waals surface area contributed by atoms with Gasteiger partial charge in [0.1, 0.15) is 5.82 Å². The van der Waals surface area contributed by atoms with Crippen molar-refractivity contribution in [2.75, 3.05) is 6.54 Å². The van der Waals surface area contributed by atoms with Crippen LogP contribution in [0.25, 0.3) is 0 Å². The lowest BCUT2D eigenvalue weighted by Crippen LogP contribution is -2.41. The summed E-state index contributed by atoms with van der Waals surface area (Å²) in [5.74, 6) is 0.981. The van der Waals surface area contributed by atoms with Crippen molar-refractivity contribution in [2.24, 2.45) is 23.0 Å². The maximum atomic E-state index is 14.1. The van der Waals surface area contributed by atoms with Gasteiger partial charge in [-0.3, -0.25) is 0 Å². The highest BCUT2D eigenvalue weighted by atomic mass is 79.9. The van der Waals surface area contributed by atoms with E-state index in [0.717, 1.165) is 30.2 Å². The summed E-state index contributed by atoms with van der Waals surface area (Å²) in [7, 11) is 0. The van der Waals surface area contributed by atoms with E-state index < -0.39 is 11.5 Å². The summed E-state index contributed by atoms with van der Waals surface area (Å²) in [6, 6.07) is 4.72. The normalized spacial score (nSPS) is 27.9. The van der Waals surface area contributed by atoms with Gasteiger partial charge in [0.15, 0.2) is 0 Å². The number of benzene rings is 1. The van der Waals surface area contributed by atoms with Gasteiger partial charge in [-0.15, -0.1) is 0 Å². The fourth-order valence-corrected chi connectivity index (χ4v) is 3.90. The van der Waals surface area contributed by atoms with E-state index in [0.29, 0.717) is 23.9 Å². The van der Waals surface area contributed by atoms with Gasteiger partial charge in [-0.2, -0.15) is 0 Å². The maximum Gasteiger partial charge on any atom is 0.129 e. The number of hydrogen-bond acceptors (Lipinski definition) is 2. The molecular weight excluding hydrogens is 333 g/mol. The Balaban J connectivity index is 2.23. The van der Waals surface area contributed by atoms with E-state index in [-0.39, 0.29) is 5.82 Å². The minimum absolute atomic E-state index is 0.357. The van der Waals surface area contributed by atoms with Gasteiger partial charge in [-0.1, -0.05) is 29.8 Å². The molecule has 1 aliphatic carbocycles. The Morgan fingerprint density at radius 1 is 1.38 bits per heavy atom. The van der Waals surface area contributed by atoms with Crippen LogP contribution in [0, 0.1) is 23.1 Å². The first-order chi connectivity index (χ1) is 9.89. The fourth-order valence-electron chi connectivity index (χ4n) is 3.52. The molecule has 3 N–H and O–H groups in total. The number of rotatable bonds is 4. The fraction of sp³-hybridized carbons (Fsp3) is 0.647. The van der Waals surface area contributed by atoms with Gasteiger partial charge in [-0.05, 0) is 55.7 Å². The number of nitrogens with two attached hydrogens (primary N) is 1. The van der Waals surface area contributed by atoms with Crippen LogP contribution in [0.3, 0.4) is 0 Å². The third-order valence-corrected chi connectivity index (χ3v) is 5.70. The van der Waals surface area contributed by atoms with E-state index in [1.54, 1.807) is 12.1 Å². The van der Waals surface area contributed by atoms with Crippen LogP contribution in [-0.4, -0.2) is 11.7 Å². The van der Waals surface area contributed by atoms with E-state index in [9.17, 15) is 9.50 Å². The molecule has 1 atom stereocenters. The van der Waals surface area contributed by atoms with Gasteiger partial charge in [0.05, 0.1) is 6.10 Å². The predicted molar refractivity (Wildman–Crippen MR) is 87.3 cm³/mol. The van der Waals surface area contributed by atoms with E-state index in [4.69, 9.17) is 5.73 Å². The summed E-state index contributed by atoms with van der Waals surface area (Å²) in [6.07, 6.45) is 3.00. The smallest absolute Gasteiger partial charge is 0.129 e. The average Bonchev–Trinajstić information content (AvgIpc) is 2.49. The van der Waals surface area contributed by atoms with Crippen LogP contribution < -0.4 is 5.73 Å². The zero-order chi connectivity index (χ0) is 15.6. The highest BCUT2D eigenvalue weighted by Crippen LogP contribution is 2.48. The monoisotopic (exact) mass is 357 g/mol. The van der Waals surface area contributed by atoms with Gasteiger partial charge in [0.25, 0.3) is 0 Å². The lowest BCUT2D eigenvalue weighted by Gasteiger charge is -2.44. The second-order valence-corrected chi connectivity index (χ2v) is 7.63. The average molecular weight is 358 g/mol. The van der Waals surface area contributed by atoms with Crippen LogP contribution in [0.15, 0.2) is 22.7 Å². The number of hydrogen-bond donors (Lipinski definition) is 2. The maximum absolute atomic E-state index is 14.1. The summed E-state index contributed by atoms with van der Waals surface area (Å²) in [5.41, 5.74) is 5.96. The van der Waals surface area contributed by atoms with Crippen LogP contribution in [0.2, 0.25) is 0 Å². The van der Waals surface area contributed by atoms with Crippen LogP contribution >= 0.6 is 15.9 Å². The van der Waals surface area contributed by atoms with Crippen molar-refractivity contribution >= 4 is 15.9 Å². The Morgan fingerprint density at radius 3 is 2.52 bits per heavy atom. The summed E-state index contributed by atoms with van der Waals surface area (Å²) in [6.45, 7) is 4.87. The highest BCUT2D eigenvalue weighted by molar-refractivity contribution is 9.10. The van der Waals surface area contributed by atoms with Crippen LogP contribution in [0.4, 0.5) is 4.39 Å². The molecule has 1 saturated carbocycles. The first-order valence-corrected chi connectivity index (χ1v) is 8.52. The minimum atomic E-state index is -0.840. The third-order valence-electron chi connectivity index (χ3n) is 5.21. The summed E-state index contributed by atoms with van der Waals surface area (Å²) in [5, 5.41) is 10.8. The zero-order valence-electron chi connectivity index (χ0n) is 12.8. The lowest BCUT2D eigenvalue weighted by atomic mass is 9.64. The molecule has 2 nitrogen and oxygen atoms in total. The molecule has 2 rings (SSSR count). The SMILES string of the molecule is CC(C)C1CCC(CN)(C(O)c2cc(Br)ccc2F)CC1. The minimum Gasteiger partial charge on any atom is -0.388 e. The first-order valence-electron chi connectivity index (χ1n) is 7.72. The summed E-state index contributed by atoms with van der Waals surface area (Å²) in [4.78, 5) is 0. The van der Waals surface area contributed by atoms with Crippen molar-refractivity contribution in [2.45, 2.75) is 45.6 Å². The molecule has 1 fully saturated rings. The molecule has 0 bridgehead atoms. The molecule has 1 unspecified atom stereocenters. The quantitative estimate of drug-likeness (QED) is 0.837. The van der Waals surface area contributed by atoms with Gasteiger partial charge in [-0.25, -0.2) is 4.39 Å². The first kappa shape index (κ1) is 16.9. The van der Waals surface area contributed by atoms with Crippen LogP contribution in [-0.2, 0) is 0 Å². The molecule has 0 amide bonds. The van der Waals surface area contributed by atoms with Crippen molar-refractivity contribution in [3.63, 3.8) is 0 Å². The van der Waals surface area contributed by atoms with E-state index in [1.165, 1.54) is 6.07 Å². The molecule has 0 saturated heterocycles. The van der Waals surface area contributed by atoms with E-state index in [2.05, 4.69) is 29.8 Å². The molecule has 4 heteroatoms. The van der Waals surface area contributed by atoms with Gasteiger partial charge < -0.3 is 10.8 Å². The third kappa shape index (κ3) is 3.49. The van der Waals surface area contributed by atoms with Gasteiger partial charge in [0, 0.05) is 22.0 Å². The number of aliphatic hydroxyl groups excluding tert-OH is 1. The summed E-state index contributed by atoms with van der Waals surface area (Å²) < 4.78 is 14.8. The number of halogens is 2. The Kier molecular flexibility index (Phi) is 5.44. The Hall–Kier alpha value is -0.450. The Bertz CT molecular complexity index is 484. The van der Waals surface area contributed by atoms with Crippen molar-refractivity contribution in [1.29, 1.82) is 0 Å². The number of aliphatic hydroxyl groups is 1. The second-order valence-electron chi connectivity index (χ2n) is 6.72. The van der Waals surface area contributed by atoms with Crippen LogP contribution in [0.5, 0.6) is 0 Å². The molecule has 21 heavy (non-hydrogen) atoms. The van der Waals surface area contributed by atoms with E-state index >= 15 is 0 Å². The summed E-state index contributed by atoms with van der Waals surface area (Å²) >= 11 is 3.35. The van der Waals surface area contributed by atoms with E-state index in [1.807, 2.05) is 0 Å². The van der Waals surface area contributed by atoms with Crippen molar-refractivity contribution < 1.29 is 9.50 Å². The van der Waals surface area contributed by atoms with Crippen molar-refractivity contribution in [3.8, 4) is 0 Å².